The van der Waals surface area contributed by atoms with E-state index < -0.39 is 21.8 Å². The summed E-state index contributed by atoms with van der Waals surface area (Å²) in [6, 6.07) is 10.5. The van der Waals surface area contributed by atoms with E-state index in [9.17, 15) is 22.4 Å². The van der Waals surface area contributed by atoms with E-state index in [0.717, 1.165) is 0 Å². The predicted octanol–water partition coefficient (Wildman–Crippen LogP) is 2.55. The zero-order valence-electron chi connectivity index (χ0n) is 15.8. The maximum Gasteiger partial charge on any atom is 0.243 e. The Labute approximate surface area is 182 Å². The highest BCUT2D eigenvalue weighted by Gasteiger charge is 2.36. The lowest BCUT2D eigenvalue weighted by Crippen LogP contribution is -2.52. The Morgan fingerprint density at radius 3 is 2.53 bits per heavy atom. The van der Waals surface area contributed by atoms with Crippen molar-refractivity contribution in [2.75, 3.05) is 31.5 Å². The average Bonchev–Trinajstić information content (AvgIpc) is 2.72. The molecule has 0 aromatic heterocycles. The molecular weight excluding hydrogens is 477 g/mol. The van der Waals surface area contributed by atoms with E-state index in [4.69, 9.17) is 0 Å². The molecule has 158 valence electrons. The molecule has 1 fully saturated rings. The van der Waals surface area contributed by atoms with Crippen LogP contribution in [0.4, 0.5) is 10.1 Å². The van der Waals surface area contributed by atoms with E-state index in [1.165, 1.54) is 28.6 Å². The fraction of sp³-hybridized carbons (Fsp3) is 0.300. The van der Waals surface area contributed by atoms with Gasteiger partial charge in [-0.15, -0.1) is 0 Å². The average molecular weight is 496 g/mol. The Bertz CT molecular complexity index is 1120. The molecule has 0 unspecified atom stereocenters. The van der Waals surface area contributed by atoms with Gasteiger partial charge in [-0.1, -0.05) is 28.1 Å². The lowest BCUT2D eigenvalue weighted by molar-refractivity contribution is -0.136. The van der Waals surface area contributed by atoms with Crippen molar-refractivity contribution < 1.29 is 22.4 Å². The van der Waals surface area contributed by atoms with Crippen LogP contribution in [0.15, 0.2) is 51.8 Å². The summed E-state index contributed by atoms with van der Waals surface area (Å²) in [5.41, 5.74) is 0.880. The van der Waals surface area contributed by atoms with E-state index in [-0.39, 0.29) is 49.3 Å². The van der Waals surface area contributed by atoms with Crippen molar-refractivity contribution in [2.45, 2.75) is 17.2 Å². The van der Waals surface area contributed by atoms with Crippen LogP contribution in [-0.2, 0) is 19.6 Å². The second-order valence-corrected chi connectivity index (χ2v) is 10.1. The number of sulfonamides is 1. The van der Waals surface area contributed by atoms with Crippen LogP contribution < -0.4 is 5.32 Å². The quantitative estimate of drug-likeness (QED) is 0.708. The number of amides is 2. The van der Waals surface area contributed by atoms with Crippen LogP contribution in [0.25, 0.3) is 0 Å². The first kappa shape index (κ1) is 21.0. The third-order valence-electron chi connectivity index (χ3n) is 5.34. The molecule has 2 heterocycles. The number of piperazine rings is 1. The maximum atomic E-state index is 13.5. The standard InChI is InChI=1S/C20H19BrFN3O4S/c21-13-2-1-3-15(10-13)30(28,29)25-8-6-24(7-9-25)20(27)17-12-19(26)23-18-11-14(22)4-5-16(17)18/h1-5,10-11,17H,6-9,12H2,(H,23,26)/t17-/m0/s1. The van der Waals surface area contributed by atoms with Crippen LogP contribution in [0.5, 0.6) is 0 Å². The SMILES string of the molecule is O=C1C[C@H](C(=O)N2CCN(S(=O)(=O)c3cccc(Br)c3)CC2)c2ccc(F)cc2N1. The van der Waals surface area contributed by atoms with Crippen LogP contribution in [0, 0.1) is 5.82 Å². The Morgan fingerprint density at radius 1 is 1.10 bits per heavy atom. The zero-order valence-corrected chi connectivity index (χ0v) is 18.2. The largest absolute Gasteiger partial charge is 0.340 e. The maximum absolute atomic E-state index is 13.5. The van der Waals surface area contributed by atoms with E-state index >= 15 is 0 Å². The highest BCUT2D eigenvalue weighted by atomic mass is 79.9. The number of hydrogen-bond donors (Lipinski definition) is 1. The van der Waals surface area contributed by atoms with E-state index in [1.54, 1.807) is 23.1 Å². The number of nitrogens with one attached hydrogen (secondary N) is 1. The fourth-order valence-electron chi connectivity index (χ4n) is 3.80. The van der Waals surface area contributed by atoms with Gasteiger partial charge in [-0.3, -0.25) is 9.59 Å². The van der Waals surface area contributed by atoms with Gasteiger partial charge in [0.2, 0.25) is 21.8 Å². The molecule has 0 aliphatic carbocycles. The number of fused-ring (bicyclic) bond motifs is 1. The topological polar surface area (TPSA) is 86.8 Å². The Kier molecular flexibility index (Phi) is 5.65. The molecule has 0 bridgehead atoms. The van der Waals surface area contributed by atoms with Gasteiger partial charge in [-0.05, 0) is 35.9 Å². The van der Waals surface area contributed by atoms with Gasteiger partial charge in [0, 0.05) is 42.8 Å². The van der Waals surface area contributed by atoms with Crippen molar-refractivity contribution in [1.82, 2.24) is 9.21 Å². The molecule has 0 radical (unpaired) electrons. The second-order valence-electron chi connectivity index (χ2n) is 7.22. The number of anilines is 1. The number of carbonyl (C=O) groups excluding carboxylic acids is 2. The van der Waals surface area contributed by atoms with Gasteiger partial charge < -0.3 is 10.2 Å². The second kappa shape index (κ2) is 8.09. The summed E-state index contributed by atoms with van der Waals surface area (Å²) in [6.45, 7) is 0.771. The Hall–Kier alpha value is -2.30. The minimum Gasteiger partial charge on any atom is -0.340 e. The molecule has 1 atom stereocenters. The number of rotatable bonds is 3. The first-order chi connectivity index (χ1) is 14.3. The third kappa shape index (κ3) is 3.99. The number of benzene rings is 2. The first-order valence-electron chi connectivity index (χ1n) is 9.39. The molecule has 1 saturated heterocycles. The molecule has 10 heteroatoms. The van der Waals surface area contributed by atoms with E-state index in [2.05, 4.69) is 21.2 Å². The van der Waals surface area contributed by atoms with Crippen molar-refractivity contribution in [2.24, 2.45) is 0 Å². The van der Waals surface area contributed by atoms with Gasteiger partial charge >= 0.3 is 0 Å². The molecule has 4 rings (SSSR count). The molecule has 1 N–H and O–H groups in total. The normalized spacial score (nSPS) is 19.9. The molecule has 7 nitrogen and oxygen atoms in total. The van der Waals surface area contributed by atoms with Crippen molar-refractivity contribution in [3.05, 3.63) is 58.3 Å². The van der Waals surface area contributed by atoms with Gasteiger partial charge in [0.05, 0.1) is 10.8 Å². The van der Waals surface area contributed by atoms with E-state index in [1.807, 2.05) is 0 Å². The van der Waals surface area contributed by atoms with Gasteiger partial charge in [0.1, 0.15) is 5.82 Å². The highest BCUT2D eigenvalue weighted by Crippen LogP contribution is 2.34. The van der Waals surface area contributed by atoms with Crippen LogP contribution in [0.3, 0.4) is 0 Å². The molecule has 30 heavy (non-hydrogen) atoms. The van der Waals surface area contributed by atoms with Crippen molar-refractivity contribution in [3.8, 4) is 0 Å². The summed E-state index contributed by atoms with van der Waals surface area (Å²) >= 11 is 3.28. The van der Waals surface area contributed by atoms with Crippen molar-refractivity contribution >= 4 is 43.5 Å². The number of hydrogen-bond acceptors (Lipinski definition) is 4. The smallest absolute Gasteiger partial charge is 0.243 e. The summed E-state index contributed by atoms with van der Waals surface area (Å²) < 4.78 is 41.3. The first-order valence-corrected chi connectivity index (χ1v) is 11.6. The number of halogens is 2. The van der Waals surface area contributed by atoms with Gasteiger partial charge in [0.25, 0.3) is 0 Å². The zero-order chi connectivity index (χ0) is 21.5. The van der Waals surface area contributed by atoms with Crippen LogP contribution in [-0.4, -0.2) is 55.6 Å². The number of nitrogens with zero attached hydrogens (tertiary/aromatic N) is 2. The van der Waals surface area contributed by atoms with Crippen molar-refractivity contribution in [3.63, 3.8) is 0 Å². The Morgan fingerprint density at radius 2 is 1.83 bits per heavy atom. The molecule has 0 spiro atoms. The molecule has 2 aliphatic heterocycles. The lowest BCUT2D eigenvalue weighted by atomic mass is 9.89. The summed E-state index contributed by atoms with van der Waals surface area (Å²) in [5, 5.41) is 2.60. The molecular formula is C20H19BrFN3O4S. The van der Waals surface area contributed by atoms with E-state index in [0.29, 0.717) is 15.7 Å². The summed E-state index contributed by atoms with van der Waals surface area (Å²) in [5.74, 6) is -1.80. The minimum absolute atomic E-state index is 0.0198. The van der Waals surface area contributed by atoms with Crippen LogP contribution in [0.2, 0.25) is 0 Å². The fourth-order valence-corrected chi connectivity index (χ4v) is 5.82. The predicted molar refractivity (Wildman–Crippen MR) is 112 cm³/mol. The number of carbonyl (C=O) groups is 2. The Balaban J connectivity index is 1.48. The molecule has 2 aromatic carbocycles. The van der Waals surface area contributed by atoms with Gasteiger partial charge in [-0.2, -0.15) is 4.31 Å². The third-order valence-corrected chi connectivity index (χ3v) is 7.72. The van der Waals surface area contributed by atoms with Crippen LogP contribution in [0.1, 0.15) is 17.9 Å². The summed E-state index contributed by atoms with van der Waals surface area (Å²) in [4.78, 5) is 26.9. The summed E-state index contributed by atoms with van der Waals surface area (Å²) in [6.07, 6.45) is -0.0198. The summed E-state index contributed by atoms with van der Waals surface area (Å²) in [7, 11) is -3.66. The monoisotopic (exact) mass is 495 g/mol. The van der Waals surface area contributed by atoms with Crippen LogP contribution >= 0.6 is 15.9 Å². The van der Waals surface area contributed by atoms with Crippen molar-refractivity contribution in [1.29, 1.82) is 0 Å². The van der Waals surface area contributed by atoms with Gasteiger partial charge in [-0.25, -0.2) is 12.8 Å². The molecule has 2 amide bonds. The lowest BCUT2D eigenvalue weighted by Gasteiger charge is -2.36. The molecule has 2 aromatic rings. The minimum atomic E-state index is -3.66. The van der Waals surface area contributed by atoms with Gasteiger partial charge in [0.15, 0.2) is 0 Å². The molecule has 2 aliphatic rings. The molecule has 0 saturated carbocycles. The highest BCUT2D eigenvalue weighted by molar-refractivity contribution is 9.10.